The fraction of sp³-hybridized carbons (Fsp3) is 0.867. The highest BCUT2D eigenvalue weighted by atomic mass is 16.4. The molecule has 0 radical (unpaired) electrons. The Morgan fingerprint density at radius 2 is 1.65 bits per heavy atom. The molecular weight excluding hydrogens is 256 g/mol. The van der Waals surface area contributed by atoms with Crippen molar-refractivity contribution in [2.75, 3.05) is 32.7 Å². The highest BCUT2D eigenvalue weighted by Gasteiger charge is 2.58. The molecule has 0 unspecified atom stereocenters. The van der Waals surface area contributed by atoms with Crippen molar-refractivity contribution < 1.29 is 14.7 Å². The molecule has 0 atom stereocenters. The van der Waals surface area contributed by atoms with Crippen molar-refractivity contribution in [2.24, 2.45) is 11.3 Å². The van der Waals surface area contributed by atoms with Crippen molar-refractivity contribution in [3.63, 3.8) is 0 Å². The van der Waals surface area contributed by atoms with Crippen LogP contribution in [0.5, 0.6) is 0 Å². The molecule has 3 rings (SSSR count). The summed E-state index contributed by atoms with van der Waals surface area (Å²) in [4.78, 5) is 27.8. The van der Waals surface area contributed by atoms with Crippen molar-refractivity contribution in [3.05, 3.63) is 0 Å². The quantitative estimate of drug-likeness (QED) is 0.786. The predicted octanol–water partition coefficient (Wildman–Crippen LogP) is 1.19. The molecule has 0 aromatic heterocycles. The van der Waals surface area contributed by atoms with Crippen LogP contribution in [0.15, 0.2) is 0 Å². The Bertz CT molecular complexity index is 392. The van der Waals surface area contributed by atoms with E-state index in [4.69, 9.17) is 0 Å². The van der Waals surface area contributed by atoms with E-state index in [0.717, 1.165) is 32.5 Å². The number of hydrogen-bond acceptors (Lipinski definition) is 3. The normalized spacial score (nSPS) is 26.7. The first kappa shape index (κ1) is 13.9. The number of carbonyl (C=O) groups excluding carboxylic acids is 1. The van der Waals surface area contributed by atoms with Crippen molar-refractivity contribution in [2.45, 2.75) is 38.5 Å². The maximum absolute atomic E-state index is 12.3. The molecule has 2 aliphatic heterocycles. The minimum atomic E-state index is -1.05. The summed E-state index contributed by atoms with van der Waals surface area (Å²) in [7, 11) is 0. The fourth-order valence-electron chi connectivity index (χ4n) is 3.60. The molecule has 0 aromatic rings. The summed E-state index contributed by atoms with van der Waals surface area (Å²) in [5.41, 5.74) is -1.05. The van der Waals surface area contributed by atoms with Gasteiger partial charge in [0.1, 0.15) is 5.41 Å². The zero-order valence-corrected chi connectivity index (χ0v) is 12.0. The van der Waals surface area contributed by atoms with Crippen molar-refractivity contribution in [1.82, 2.24) is 9.80 Å². The van der Waals surface area contributed by atoms with Gasteiger partial charge in [0.25, 0.3) is 0 Å². The van der Waals surface area contributed by atoms with E-state index in [1.54, 1.807) is 4.90 Å². The summed E-state index contributed by atoms with van der Waals surface area (Å²) in [6.07, 6.45) is 5.73. The molecule has 2 saturated heterocycles. The first-order valence-corrected chi connectivity index (χ1v) is 7.87. The van der Waals surface area contributed by atoms with E-state index in [9.17, 15) is 14.7 Å². The van der Waals surface area contributed by atoms with Crippen LogP contribution in [-0.4, -0.2) is 59.5 Å². The van der Waals surface area contributed by atoms with Gasteiger partial charge in [-0.1, -0.05) is 0 Å². The fourth-order valence-corrected chi connectivity index (χ4v) is 3.60. The Morgan fingerprint density at radius 3 is 2.15 bits per heavy atom. The third kappa shape index (κ3) is 2.55. The van der Waals surface area contributed by atoms with Crippen molar-refractivity contribution >= 4 is 11.9 Å². The van der Waals surface area contributed by atoms with Gasteiger partial charge in [0, 0.05) is 19.6 Å². The SMILES string of the molecule is O=C(O)C1(C(=O)N2CCC(CN3CCCC3)CC2)CC1. The second kappa shape index (κ2) is 5.35. The number of rotatable bonds is 4. The van der Waals surface area contributed by atoms with E-state index < -0.39 is 11.4 Å². The third-order valence-electron chi connectivity index (χ3n) is 5.19. The second-order valence-corrected chi connectivity index (χ2v) is 6.63. The zero-order chi connectivity index (χ0) is 14.2. The first-order valence-electron chi connectivity index (χ1n) is 7.87. The molecule has 1 N–H and O–H groups in total. The molecule has 3 aliphatic rings. The van der Waals surface area contributed by atoms with Gasteiger partial charge in [0.2, 0.25) is 5.91 Å². The number of hydrogen-bond donors (Lipinski definition) is 1. The van der Waals surface area contributed by atoms with Crippen molar-refractivity contribution in [1.29, 1.82) is 0 Å². The standard InChI is InChI=1S/C15H24N2O3/c18-13(15(5-6-15)14(19)20)17-9-3-12(4-10-17)11-16-7-1-2-8-16/h12H,1-11H2,(H,19,20). The summed E-state index contributed by atoms with van der Waals surface area (Å²) < 4.78 is 0. The molecule has 1 aliphatic carbocycles. The van der Waals surface area contributed by atoms with E-state index in [2.05, 4.69) is 4.90 Å². The van der Waals surface area contributed by atoms with Gasteiger partial charge < -0.3 is 14.9 Å². The van der Waals surface area contributed by atoms with Gasteiger partial charge in [-0.2, -0.15) is 0 Å². The smallest absolute Gasteiger partial charge is 0.319 e. The highest BCUT2D eigenvalue weighted by Crippen LogP contribution is 2.47. The molecule has 1 saturated carbocycles. The van der Waals surface area contributed by atoms with Crippen LogP contribution in [0.2, 0.25) is 0 Å². The summed E-state index contributed by atoms with van der Waals surface area (Å²) in [5, 5.41) is 9.19. The van der Waals surface area contributed by atoms with Gasteiger partial charge in [0.15, 0.2) is 0 Å². The van der Waals surface area contributed by atoms with Gasteiger partial charge >= 0.3 is 5.97 Å². The Morgan fingerprint density at radius 1 is 1.05 bits per heavy atom. The van der Waals surface area contributed by atoms with E-state index in [-0.39, 0.29) is 5.91 Å². The number of carboxylic acids is 1. The van der Waals surface area contributed by atoms with E-state index in [1.165, 1.54) is 25.9 Å². The summed E-state index contributed by atoms with van der Waals surface area (Å²) >= 11 is 0. The topological polar surface area (TPSA) is 60.9 Å². The van der Waals surface area contributed by atoms with Gasteiger partial charge in [-0.3, -0.25) is 9.59 Å². The van der Waals surface area contributed by atoms with Crippen LogP contribution in [-0.2, 0) is 9.59 Å². The summed E-state index contributed by atoms with van der Waals surface area (Å²) in [6, 6.07) is 0. The number of piperidine rings is 1. The van der Waals surface area contributed by atoms with Crippen LogP contribution in [0, 0.1) is 11.3 Å². The lowest BCUT2D eigenvalue weighted by molar-refractivity contribution is -0.154. The third-order valence-corrected chi connectivity index (χ3v) is 5.19. The average molecular weight is 280 g/mol. The number of likely N-dealkylation sites (tertiary alicyclic amines) is 2. The van der Waals surface area contributed by atoms with Crippen molar-refractivity contribution in [3.8, 4) is 0 Å². The highest BCUT2D eigenvalue weighted by molar-refractivity contribution is 6.04. The van der Waals surface area contributed by atoms with Gasteiger partial charge in [-0.05, 0) is 57.5 Å². The van der Waals surface area contributed by atoms with E-state index >= 15 is 0 Å². The van der Waals surface area contributed by atoms with Gasteiger partial charge in [-0.15, -0.1) is 0 Å². The maximum atomic E-state index is 12.3. The number of aliphatic carboxylic acids is 1. The maximum Gasteiger partial charge on any atom is 0.319 e. The predicted molar refractivity (Wildman–Crippen MR) is 74.3 cm³/mol. The monoisotopic (exact) mass is 280 g/mol. The molecule has 20 heavy (non-hydrogen) atoms. The van der Waals surface area contributed by atoms with Gasteiger partial charge in [-0.25, -0.2) is 0 Å². The lowest BCUT2D eigenvalue weighted by Crippen LogP contribution is -2.46. The van der Waals surface area contributed by atoms with Gasteiger partial charge in [0.05, 0.1) is 0 Å². The zero-order valence-electron chi connectivity index (χ0n) is 12.0. The molecule has 1 amide bonds. The lowest BCUT2D eigenvalue weighted by atomic mass is 9.94. The number of carbonyl (C=O) groups is 2. The number of amides is 1. The molecule has 2 heterocycles. The Hall–Kier alpha value is -1.10. The van der Waals surface area contributed by atoms with E-state index in [1.807, 2.05) is 0 Å². The number of nitrogens with zero attached hydrogens (tertiary/aromatic N) is 2. The molecular formula is C15H24N2O3. The van der Waals surface area contributed by atoms with E-state index in [0.29, 0.717) is 18.8 Å². The molecule has 3 fully saturated rings. The van der Waals surface area contributed by atoms with Crippen LogP contribution in [0.4, 0.5) is 0 Å². The molecule has 112 valence electrons. The minimum absolute atomic E-state index is 0.135. The van der Waals surface area contributed by atoms with Crippen LogP contribution >= 0.6 is 0 Å². The Kier molecular flexibility index (Phi) is 3.71. The summed E-state index contributed by atoms with van der Waals surface area (Å²) in [6.45, 7) is 5.09. The lowest BCUT2D eigenvalue weighted by Gasteiger charge is -2.35. The van der Waals surface area contributed by atoms with Crippen LogP contribution < -0.4 is 0 Å². The molecule has 5 nitrogen and oxygen atoms in total. The molecule has 0 aromatic carbocycles. The molecule has 5 heteroatoms. The molecule has 0 bridgehead atoms. The first-order chi connectivity index (χ1) is 9.62. The minimum Gasteiger partial charge on any atom is -0.480 e. The average Bonchev–Trinajstić information content (AvgIpc) is 3.12. The summed E-state index contributed by atoms with van der Waals surface area (Å²) in [5.74, 6) is -0.386. The largest absolute Gasteiger partial charge is 0.480 e. The van der Waals surface area contributed by atoms with Crippen LogP contribution in [0.25, 0.3) is 0 Å². The van der Waals surface area contributed by atoms with Crippen LogP contribution in [0.3, 0.4) is 0 Å². The molecule has 0 spiro atoms. The Balaban J connectivity index is 1.48. The second-order valence-electron chi connectivity index (χ2n) is 6.63. The Labute approximate surface area is 119 Å². The van der Waals surface area contributed by atoms with Crippen LogP contribution in [0.1, 0.15) is 38.5 Å². The number of carboxylic acid groups (broad SMARTS) is 1.